The molecule has 4 N–H and O–H groups in total. The third-order valence-electron chi connectivity index (χ3n) is 6.24. The molecular weight excluding hydrogens is 549 g/mol. The molecule has 165 valence electrons. The summed E-state index contributed by atoms with van der Waals surface area (Å²) in [7, 11) is 0. The van der Waals surface area contributed by atoms with E-state index in [1.165, 1.54) is 48.9 Å². The molecule has 5 nitrogen and oxygen atoms in total. The molecule has 1 saturated carbocycles. The smallest absolute Gasteiger partial charge is 0.394 e. The van der Waals surface area contributed by atoms with E-state index in [1.54, 1.807) is 6.33 Å². The third kappa shape index (κ3) is 5.21. The number of fused-ring (bicyclic) bond motifs is 3. The van der Waals surface area contributed by atoms with Gasteiger partial charge in [-0.15, -0.1) is 11.1 Å². The van der Waals surface area contributed by atoms with E-state index in [-0.39, 0.29) is 25.2 Å². The number of benzene rings is 1. The molecule has 2 aliphatic carbocycles. The largest absolute Gasteiger partial charge is 1.00 e. The van der Waals surface area contributed by atoms with Crippen LogP contribution in [0.2, 0.25) is 0 Å². The van der Waals surface area contributed by atoms with Crippen molar-refractivity contribution in [3.05, 3.63) is 35.7 Å². The Morgan fingerprint density at radius 2 is 1.80 bits per heavy atom. The molecule has 0 amide bonds. The van der Waals surface area contributed by atoms with E-state index in [0.29, 0.717) is 11.9 Å². The Labute approximate surface area is 195 Å². The fourth-order valence-electron chi connectivity index (χ4n) is 4.68. The van der Waals surface area contributed by atoms with Gasteiger partial charge in [-0.3, -0.25) is 0 Å². The van der Waals surface area contributed by atoms with E-state index >= 15 is 0 Å². The van der Waals surface area contributed by atoms with Crippen molar-refractivity contribution >= 4 is 11.5 Å². The molecule has 2 aliphatic rings. The zero-order chi connectivity index (χ0) is 21.0. The van der Waals surface area contributed by atoms with Gasteiger partial charge in [0.25, 0.3) is 0 Å². The van der Waals surface area contributed by atoms with Crippen LogP contribution in [0.1, 0.15) is 70.9 Å². The molecule has 1 aromatic carbocycles. The molecular formula is C24H36N5Os. The van der Waals surface area contributed by atoms with Crippen LogP contribution in [0.15, 0.2) is 18.5 Å². The number of hydrogen-bond acceptors (Lipinski definition) is 5. The fourth-order valence-corrected chi connectivity index (χ4v) is 4.68. The number of nitrogens with zero attached hydrogens (tertiary/aromatic N) is 3. The van der Waals surface area contributed by atoms with Crippen molar-refractivity contribution in [2.75, 3.05) is 23.7 Å². The summed E-state index contributed by atoms with van der Waals surface area (Å²) in [6.45, 7) is 10.7. The molecule has 1 heterocycles. The second kappa shape index (κ2) is 10.7. The summed E-state index contributed by atoms with van der Waals surface area (Å²) < 4.78 is 0. The van der Waals surface area contributed by atoms with Gasteiger partial charge >= 0.3 is 19.8 Å². The van der Waals surface area contributed by atoms with Gasteiger partial charge in [-0.25, -0.2) is 9.97 Å². The zero-order valence-corrected chi connectivity index (χ0v) is 21.4. The topological polar surface area (TPSA) is 81.1 Å². The first kappa shape index (κ1) is 24.8. The number of nitrogen functional groups attached to an aromatic ring is 1. The van der Waals surface area contributed by atoms with Crippen molar-refractivity contribution in [2.45, 2.75) is 77.7 Å². The Kier molecular flexibility index (Phi) is 8.82. The molecule has 0 atom stereocenters. The van der Waals surface area contributed by atoms with Gasteiger partial charge in [-0.1, -0.05) is 45.2 Å². The number of hydrogen-bond donors (Lipinski definition) is 2. The average molecular weight is 585 g/mol. The second-order valence-corrected chi connectivity index (χ2v) is 8.83. The van der Waals surface area contributed by atoms with E-state index in [9.17, 15) is 0 Å². The van der Waals surface area contributed by atoms with Gasteiger partial charge in [-0.05, 0) is 32.1 Å². The van der Waals surface area contributed by atoms with Gasteiger partial charge in [-0.2, -0.15) is 18.2 Å². The first-order valence-corrected chi connectivity index (χ1v) is 11.0. The molecule has 30 heavy (non-hydrogen) atoms. The predicted molar refractivity (Wildman–Crippen MR) is 122 cm³/mol. The minimum Gasteiger partial charge on any atom is -0.394 e. The van der Waals surface area contributed by atoms with Gasteiger partial charge in [0, 0.05) is 24.7 Å². The maximum Gasteiger partial charge on any atom is 1.00 e. The third-order valence-corrected chi connectivity index (χ3v) is 6.24. The summed E-state index contributed by atoms with van der Waals surface area (Å²) in [5.74, 6) is 0.595. The van der Waals surface area contributed by atoms with Crippen molar-refractivity contribution in [1.82, 2.24) is 9.97 Å². The zero-order valence-electron chi connectivity index (χ0n) is 18.8. The van der Waals surface area contributed by atoms with Crippen molar-refractivity contribution < 1.29 is 19.8 Å². The van der Waals surface area contributed by atoms with Crippen LogP contribution in [-0.2, 0) is 31.6 Å². The van der Waals surface area contributed by atoms with Gasteiger partial charge in [0.05, 0.1) is 5.69 Å². The molecule has 0 unspecified atom stereocenters. The van der Waals surface area contributed by atoms with Crippen molar-refractivity contribution in [1.29, 1.82) is 0 Å². The van der Waals surface area contributed by atoms with Crippen LogP contribution in [0.25, 0.3) is 11.3 Å². The van der Waals surface area contributed by atoms with E-state index in [4.69, 9.17) is 11.5 Å². The molecule has 6 heteroatoms. The van der Waals surface area contributed by atoms with Crippen molar-refractivity contribution in [3.63, 3.8) is 0 Å². The summed E-state index contributed by atoms with van der Waals surface area (Å²) in [6, 6.07) is 8.06. The molecule has 2 aromatic rings. The summed E-state index contributed by atoms with van der Waals surface area (Å²) in [5.41, 5.74) is 17.4. The number of aromatic nitrogens is 2. The number of rotatable bonds is 3. The quantitative estimate of drug-likeness (QED) is 0.520. The first-order chi connectivity index (χ1) is 13.9. The van der Waals surface area contributed by atoms with E-state index in [2.05, 4.69) is 54.7 Å². The fraction of sp³-hybridized carbons (Fsp3) is 0.583. The molecule has 0 spiro atoms. The van der Waals surface area contributed by atoms with Crippen LogP contribution in [0.4, 0.5) is 11.5 Å². The summed E-state index contributed by atoms with van der Waals surface area (Å²) >= 11 is 0. The summed E-state index contributed by atoms with van der Waals surface area (Å²) in [5, 5.41) is 0. The summed E-state index contributed by atoms with van der Waals surface area (Å²) in [6.07, 6.45) is 9.15. The minimum absolute atomic E-state index is 0. The average Bonchev–Trinajstić information content (AvgIpc) is 2.70. The summed E-state index contributed by atoms with van der Waals surface area (Å²) in [4.78, 5) is 11.1. The monoisotopic (exact) mass is 586 g/mol. The van der Waals surface area contributed by atoms with Gasteiger partial charge < -0.3 is 16.4 Å². The maximum absolute atomic E-state index is 6.15. The predicted octanol–water partition coefficient (Wildman–Crippen LogP) is 4.48. The van der Waals surface area contributed by atoms with Crippen LogP contribution in [0.5, 0.6) is 0 Å². The van der Waals surface area contributed by atoms with Crippen LogP contribution >= 0.6 is 0 Å². The van der Waals surface area contributed by atoms with Gasteiger partial charge in [0.15, 0.2) is 0 Å². The normalized spacial score (nSPS) is 17.0. The second-order valence-electron chi connectivity index (χ2n) is 8.83. The SMILES string of the molecule is CCN(CC)c1[c-]ccc2c1CC(C)(C)c1c(N)ncnc1-2.NC1CCCCC1.[Os+]. The van der Waals surface area contributed by atoms with Crippen LogP contribution < -0.4 is 16.4 Å². The van der Waals surface area contributed by atoms with Gasteiger partial charge in [0.2, 0.25) is 0 Å². The van der Waals surface area contributed by atoms with Crippen LogP contribution in [-0.4, -0.2) is 29.1 Å². The Hall–Kier alpha value is -1.50. The minimum atomic E-state index is -0.0786. The first-order valence-electron chi connectivity index (χ1n) is 11.0. The Morgan fingerprint density at radius 1 is 1.13 bits per heavy atom. The van der Waals surface area contributed by atoms with Gasteiger partial charge in [0.1, 0.15) is 12.1 Å². The Morgan fingerprint density at radius 3 is 2.37 bits per heavy atom. The van der Waals surface area contributed by atoms with Crippen LogP contribution in [0.3, 0.4) is 0 Å². The molecule has 0 saturated heterocycles. The van der Waals surface area contributed by atoms with E-state index in [0.717, 1.165) is 30.8 Å². The molecule has 4 rings (SSSR count). The Bertz CT molecular complexity index is 826. The molecule has 1 fully saturated rings. The molecule has 0 aliphatic heterocycles. The maximum atomic E-state index is 6.15. The standard InChI is InChI=1S/C18H23N4.C6H13N.Os/c1-5-22(6-2)14-9-7-8-12-13(14)10-18(3,4)15-16(12)20-11-21-17(15)19;7-6-4-2-1-3-5-6;/h7-8,11H,5-6,10H2,1-4H3,(H2,19,20,21);6H,1-5,7H2;/q-1;;+1. The molecule has 1 radical (unpaired) electrons. The number of nitrogens with two attached hydrogens (primary N) is 2. The molecule has 1 aromatic heterocycles. The van der Waals surface area contributed by atoms with E-state index in [1.807, 2.05) is 6.07 Å². The van der Waals surface area contributed by atoms with Crippen LogP contribution in [0, 0.1) is 6.07 Å². The van der Waals surface area contributed by atoms with E-state index < -0.39 is 0 Å². The Balaban J connectivity index is 0.000000341. The number of anilines is 2. The molecule has 0 bridgehead atoms. The van der Waals surface area contributed by atoms with Crippen molar-refractivity contribution in [2.24, 2.45) is 5.73 Å². The van der Waals surface area contributed by atoms with Crippen molar-refractivity contribution in [3.8, 4) is 11.3 Å².